The van der Waals surface area contributed by atoms with E-state index in [4.69, 9.17) is 9.84 Å². The van der Waals surface area contributed by atoms with Gasteiger partial charge in [-0.25, -0.2) is 13.1 Å². The molecule has 0 unspecified atom stereocenters. The van der Waals surface area contributed by atoms with Crippen LogP contribution in [-0.4, -0.2) is 43.4 Å². The van der Waals surface area contributed by atoms with Crippen molar-refractivity contribution in [1.82, 2.24) is 9.71 Å². The number of aliphatic hydroxyl groups excluding tert-OH is 1. The van der Waals surface area contributed by atoms with E-state index in [0.717, 1.165) is 0 Å². The van der Waals surface area contributed by atoms with Gasteiger partial charge in [-0.15, -0.1) is 0 Å². The molecular formula is C13H20N2O5S. The standard InChI is InChI=1S/C13H20N2O5S/c1-2-20-7-3-4-8-21(18,19)15-13(17)11-5-6-12(10-16)14-9-11/h5-6,9,16H,2-4,7-8,10H2,1H3,(H,15,17). The van der Waals surface area contributed by atoms with Crippen LogP contribution in [0.25, 0.3) is 0 Å². The van der Waals surface area contributed by atoms with Gasteiger partial charge in [-0.05, 0) is 31.9 Å². The minimum atomic E-state index is -3.66. The first-order valence-corrected chi connectivity index (χ1v) is 8.32. The van der Waals surface area contributed by atoms with Crippen molar-refractivity contribution < 1.29 is 23.1 Å². The molecule has 0 aliphatic heterocycles. The van der Waals surface area contributed by atoms with E-state index in [-0.39, 0.29) is 17.9 Å². The van der Waals surface area contributed by atoms with Crippen molar-refractivity contribution >= 4 is 15.9 Å². The summed E-state index contributed by atoms with van der Waals surface area (Å²) in [5.41, 5.74) is 0.537. The Labute approximate surface area is 124 Å². The summed E-state index contributed by atoms with van der Waals surface area (Å²) in [7, 11) is -3.66. The summed E-state index contributed by atoms with van der Waals surface area (Å²) in [6, 6.07) is 2.88. The van der Waals surface area contributed by atoms with Gasteiger partial charge in [0.15, 0.2) is 0 Å². The summed E-state index contributed by atoms with van der Waals surface area (Å²) < 4.78 is 30.6. The van der Waals surface area contributed by atoms with Crippen LogP contribution in [0.5, 0.6) is 0 Å². The molecule has 21 heavy (non-hydrogen) atoms. The normalized spacial score (nSPS) is 11.3. The van der Waals surface area contributed by atoms with Gasteiger partial charge in [0.2, 0.25) is 10.0 Å². The summed E-state index contributed by atoms with van der Waals surface area (Å²) in [5, 5.41) is 8.84. The molecule has 0 aliphatic rings. The Kier molecular flexibility index (Phi) is 7.27. The van der Waals surface area contributed by atoms with Crippen LogP contribution >= 0.6 is 0 Å². The monoisotopic (exact) mass is 316 g/mol. The number of ether oxygens (including phenoxy) is 1. The molecule has 7 nitrogen and oxygen atoms in total. The molecule has 0 bridgehead atoms. The Bertz CT molecular complexity index is 542. The molecule has 0 spiro atoms. The molecule has 8 heteroatoms. The molecule has 0 saturated heterocycles. The fraction of sp³-hybridized carbons (Fsp3) is 0.538. The molecule has 0 saturated carbocycles. The van der Waals surface area contributed by atoms with Gasteiger partial charge >= 0.3 is 0 Å². The number of carbonyl (C=O) groups excluding carboxylic acids is 1. The van der Waals surface area contributed by atoms with Gasteiger partial charge in [0.1, 0.15) is 0 Å². The van der Waals surface area contributed by atoms with E-state index in [1.807, 2.05) is 11.6 Å². The second-order valence-electron chi connectivity index (χ2n) is 4.35. The number of hydrogen-bond acceptors (Lipinski definition) is 6. The first-order valence-electron chi connectivity index (χ1n) is 6.67. The molecule has 0 aliphatic carbocycles. The van der Waals surface area contributed by atoms with Gasteiger partial charge in [0.05, 0.1) is 23.6 Å². The molecule has 0 atom stereocenters. The van der Waals surface area contributed by atoms with Crippen LogP contribution < -0.4 is 4.72 Å². The van der Waals surface area contributed by atoms with Gasteiger partial charge in [-0.1, -0.05) is 0 Å². The maximum atomic E-state index is 11.8. The molecule has 118 valence electrons. The van der Waals surface area contributed by atoms with Gasteiger partial charge < -0.3 is 9.84 Å². The minimum absolute atomic E-state index is 0.130. The van der Waals surface area contributed by atoms with E-state index >= 15 is 0 Å². The fourth-order valence-corrected chi connectivity index (χ4v) is 2.63. The van der Waals surface area contributed by atoms with E-state index in [1.165, 1.54) is 18.3 Å². The fourth-order valence-electron chi connectivity index (χ4n) is 1.54. The third-order valence-electron chi connectivity index (χ3n) is 2.65. The maximum Gasteiger partial charge on any atom is 0.266 e. The van der Waals surface area contributed by atoms with Gasteiger partial charge in [0, 0.05) is 19.4 Å². The maximum absolute atomic E-state index is 11.8. The Morgan fingerprint density at radius 3 is 2.71 bits per heavy atom. The van der Waals surface area contributed by atoms with Gasteiger partial charge in [-0.3, -0.25) is 9.78 Å². The summed E-state index contributed by atoms with van der Waals surface area (Å²) in [6.07, 6.45) is 2.27. The summed E-state index contributed by atoms with van der Waals surface area (Å²) in [5.74, 6) is -0.856. The molecule has 0 radical (unpaired) electrons. The van der Waals surface area contributed by atoms with E-state index in [1.54, 1.807) is 0 Å². The number of pyridine rings is 1. The molecule has 0 aromatic carbocycles. The van der Waals surface area contributed by atoms with Crippen molar-refractivity contribution in [3.05, 3.63) is 29.6 Å². The molecule has 1 amide bonds. The highest BCUT2D eigenvalue weighted by Crippen LogP contribution is 2.02. The zero-order valence-corrected chi connectivity index (χ0v) is 12.7. The van der Waals surface area contributed by atoms with Crippen LogP contribution in [0.4, 0.5) is 0 Å². The average Bonchev–Trinajstić information content (AvgIpc) is 2.46. The number of hydrogen-bond donors (Lipinski definition) is 2. The van der Waals surface area contributed by atoms with Crippen LogP contribution in [-0.2, 0) is 21.4 Å². The Balaban J connectivity index is 2.47. The average molecular weight is 316 g/mol. The van der Waals surface area contributed by atoms with Crippen LogP contribution in [0.3, 0.4) is 0 Å². The third-order valence-corrected chi connectivity index (χ3v) is 3.98. The lowest BCUT2D eigenvalue weighted by Crippen LogP contribution is -2.32. The van der Waals surface area contributed by atoms with Crippen LogP contribution in [0.2, 0.25) is 0 Å². The number of sulfonamides is 1. The Hall–Kier alpha value is -1.51. The zero-order chi connectivity index (χ0) is 15.7. The topological polar surface area (TPSA) is 106 Å². The Morgan fingerprint density at radius 2 is 2.14 bits per heavy atom. The number of nitrogens with zero attached hydrogens (tertiary/aromatic N) is 1. The highest BCUT2D eigenvalue weighted by molar-refractivity contribution is 7.90. The summed E-state index contributed by atoms with van der Waals surface area (Å²) >= 11 is 0. The summed E-state index contributed by atoms with van der Waals surface area (Å²) in [4.78, 5) is 15.6. The predicted molar refractivity (Wildman–Crippen MR) is 77.1 cm³/mol. The van der Waals surface area contributed by atoms with Crippen LogP contribution in [0, 0.1) is 0 Å². The second-order valence-corrected chi connectivity index (χ2v) is 6.19. The number of nitrogens with one attached hydrogen (secondary N) is 1. The SMILES string of the molecule is CCOCCCCS(=O)(=O)NC(=O)c1ccc(CO)nc1. The van der Waals surface area contributed by atoms with Crippen molar-refractivity contribution in [1.29, 1.82) is 0 Å². The van der Waals surface area contributed by atoms with Crippen molar-refractivity contribution in [3.63, 3.8) is 0 Å². The second kappa shape index (κ2) is 8.71. The number of aliphatic hydroxyl groups is 1. The molecule has 1 heterocycles. The first kappa shape index (κ1) is 17.5. The van der Waals surface area contributed by atoms with Crippen molar-refractivity contribution in [2.45, 2.75) is 26.4 Å². The van der Waals surface area contributed by atoms with Gasteiger partial charge in [-0.2, -0.15) is 0 Å². The quantitative estimate of drug-likeness (QED) is 0.641. The van der Waals surface area contributed by atoms with Crippen molar-refractivity contribution in [2.75, 3.05) is 19.0 Å². The van der Waals surface area contributed by atoms with E-state index in [9.17, 15) is 13.2 Å². The molecule has 1 rings (SSSR count). The smallest absolute Gasteiger partial charge is 0.266 e. The number of carbonyl (C=O) groups is 1. The minimum Gasteiger partial charge on any atom is -0.390 e. The number of amides is 1. The van der Waals surface area contributed by atoms with Crippen LogP contribution in [0.15, 0.2) is 18.3 Å². The van der Waals surface area contributed by atoms with Crippen LogP contribution in [0.1, 0.15) is 35.8 Å². The van der Waals surface area contributed by atoms with E-state index < -0.39 is 15.9 Å². The molecule has 1 aromatic rings. The molecule has 0 fully saturated rings. The highest BCUT2D eigenvalue weighted by Gasteiger charge is 2.16. The lowest BCUT2D eigenvalue weighted by atomic mass is 10.2. The number of rotatable bonds is 9. The van der Waals surface area contributed by atoms with Gasteiger partial charge in [0.25, 0.3) is 5.91 Å². The lowest BCUT2D eigenvalue weighted by Gasteiger charge is -2.07. The van der Waals surface area contributed by atoms with Crippen molar-refractivity contribution in [3.8, 4) is 0 Å². The summed E-state index contributed by atoms with van der Waals surface area (Å²) in [6.45, 7) is 2.74. The van der Waals surface area contributed by atoms with Crippen molar-refractivity contribution in [2.24, 2.45) is 0 Å². The third kappa shape index (κ3) is 6.65. The molecule has 2 N–H and O–H groups in total. The lowest BCUT2D eigenvalue weighted by molar-refractivity contribution is 0.0981. The van der Waals surface area contributed by atoms with E-state index in [2.05, 4.69) is 4.98 Å². The van der Waals surface area contributed by atoms with E-state index in [0.29, 0.717) is 31.7 Å². The zero-order valence-electron chi connectivity index (χ0n) is 11.9. The largest absolute Gasteiger partial charge is 0.390 e. The number of aromatic nitrogens is 1. The Morgan fingerprint density at radius 1 is 1.38 bits per heavy atom. The molecular weight excluding hydrogens is 296 g/mol. The molecule has 1 aromatic heterocycles. The predicted octanol–water partition coefficient (Wildman–Crippen LogP) is 0.450. The number of unbranched alkanes of at least 4 members (excludes halogenated alkanes) is 1. The highest BCUT2D eigenvalue weighted by atomic mass is 32.2. The first-order chi connectivity index (χ1) is 9.98.